The lowest BCUT2D eigenvalue weighted by molar-refractivity contribution is -0.113. The van der Waals surface area contributed by atoms with Crippen LogP contribution in [0.3, 0.4) is 0 Å². The predicted octanol–water partition coefficient (Wildman–Crippen LogP) is 4.32. The maximum Gasteiger partial charge on any atom is 0.236 e. The number of amides is 1. The summed E-state index contributed by atoms with van der Waals surface area (Å²) in [5.41, 5.74) is 0.880. The molecule has 1 amide bonds. The summed E-state index contributed by atoms with van der Waals surface area (Å²) in [6, 6.07) is 10.8. The average molecular weight is 451 g/mol. The van der Waals surface area contributed by atoms with E-state index in [1.165, 1.54) is 18.0 Å². The summed E-state index contributed by atoms with van der Waals surface area (Å²) in [6.45, 7) is 2.05. The first-order valence-corrected chi connectivity index (χ1v) is 10.5. The van der Waals surface area contributed by atoms with Gasteiger partial charge in [0.1, 0.15) is 5.82 Å². The molecule has 152 valence electrons. The number of carbonyl (C=O) groups is 1. The number of hydrogen-bond acceptors (Lipinski definition) is 6. The third kappa shape index (κ3) is 5.48. The van der Waals surface area contributed by atoms with E-state index in [1.54, 1.807) is 12.1 Å². The number of benzene rings is 1. The number of hydrogen-bond donors (Lipinski definition) is 1. The topological polar surface area (TPSA) is 75.9 Å². The Morgan fingerprint density at radius 2 is 1.83 bits per heavy atom. The summed E-state index contributed by atoms with van der Waals surface area (Å²) < 4.78 is 1.94. The summed E-state index contributed by atoms with van der Waals surface area (Å²) >= 11 is 13.1. The van der Waals surface area contributed by atoms with Gasteiger partial charge < -0.3 is 5.32 Å². The number of halogens is 2. The highest BCUT2D eigenvalue weighted by Gasteiger charge is 2.21. The highest BCUT2D eigenvalue weighted by atomic mass is 35.5. The number of thioether (sulfide) groups is 1. The molecule has 0 aliphatic heterocycles. The van der Waals surface area contributed by atoms with Crippen LogP contribution in [-0.4, -0.2) is 50.4 Å². The van der Waals surface area contributed by atoms with Crippen molar-refractivity contribution in [2.45, 2.75) is 18.1 Å². The molecule has 3 rings (SSSR count). The summed E-state index contributed by atoms with van der Waals surface area (Å²) in [4.78, 5) is 18.4. The van der Waals surface area contributed by atoms with Crippen molar-refractivity contribution in [1.82, 2.24) is 24.6 Å². The van der Waals surface area contributed by atoms with Crippen LogP contribution in [0.4, 0.5) is 5.82 Å². The first-order chi connectivity index (χ1) is 13.8. The molecule has 0 radical (unpaired) electrons. The third-order valence-corrected chi connectivity index (χ3v) is 5.62. The van der Waals surface area contributed by atoms with Crippen LogP contribution in [-0.2, 0) is 4.79 Å². The molecule has 10 heteroatoms. The zero-order valence-corrected chi connectivity index (χ0v) is 18.5. The Morgan fingerprint density at radius 1 is 1.14 bits per heavy atom. The van der Waals surface area contributed by atoms with Crippen LogP contribution < -0.4 is 5.32 Å². The molecule has 0 aliphatic rings. The van der Waals surface area contributed by atoms with Gasteiger partial charge >= 0.3 is 0 Å². The highest BCUT2D eigenvalue weighted by Crippen LogP contribution is 2.27. The number of carbonyl (C=O) groups excluding carboxylic acids is 1. The van der Waals surface area contributed by atoms with E-state index in [2.05, 4.69) is 20.5 Å². The molecule has 3 aromatic rings. The van der Waals surface area contributed by atoms with Gasteiger partial charge in [-0.1, -0.05) is 35.0 Å². The van der Waals surface area contributed by atoms with Gasteiger partial charge in [0.15, 0.2) is 11.0 Å². The van der Waals surface area contributed by atoms with E-state index in [0.717, 1.165) is 11.5 Å². The average Bonchev–Trinajstić information content (AvgIpc) is 3.12. The zero-order valence-electron chi connectivity index (χ0n) is 16.1. The molecule has 29 heavy (non-hydrogen) atoms. The lowest BCUT2D eigenvalue weighted by atomic mass is 10.2. The zero-order chi connectivity index (χ0) is 21.0. The van der Waals surface area contributed by atoms with Gasteiger partial charge in [-0.3, -0.25) is 14.3 Å². The largest absolute Gasteiger partial charge is 0.310 e. The second kappa shape index (κ2) is 9.58. The Morgan fingerprint density at radius 3 is 2.45 bits per heavy atom. The fraction of sp³-hybridized carbons (Fsp3) is 0.263. The van der Waals surface area contributed by atoms with Gasteiger partial charge in [0.25, 0.3) is 0 Å². The number of anilines is 1. The van der Waals surface area contributed by atoms with Gasteiger partial charge in [0, 0.05) is 16.9 Å². The van der Waals surface area contributed by atoms with E-state index >= 15 is 0 Å². The Kier molecular flexibility index (Phi) is 7.13. The second-order valence-electron chi connectivity index (χ2n) is 6.49. The number of nitrogens with one attached hydrogen (secondary N) is 1. The maximum atomic E-state index is 12.3. The molecule has 1 aromatic carbocycles. The summed E-state index contributed by atoms with van der Waals surface area (Å²) in [7, 11) is 3.95. The van der Waals surface area contributed by atoms with Crippen molar-refractivity contribution in [3.63, 3.8) is 0 Å². The van der Waals surface area contributed by atoms with E-state index in [0.29, 0.717) is 21.0 Å². The standard InChI is InChI=1S/C19H20Cl2N6OS/c1-12(26(2)3)18-24-25-19(27(18)15-7-4-13(20)5-8-15)29-11-17(28)23-16-9-6-14(21)10-22-16/h4-10,12H,11H2,1-3H3,(H,22,23,28). The van der Waals surface area contributed by atoms with Crippen molar-refractivity contribution in [2.75, 3.05) is 25.2 Å². The van der Waals surface area contributed by atoms with E-state index in [1.807, 2.05) is 54.8 Å². The third-order valence-electron chi connectivity index (χ3n) is 4.22. The first-order valence-electron chi connectivity index (χ1n) is 8.77. The molecule has 0 fully saturated rings. The lowest BCUT2D eigenvalue weighted by Gasteiger charge is -2.20. The van der Waals surface area contributed by atoms with Crippen LogP contribution in [0.2, 0.25) is 10.0 Å². The summed E-state index contributed by atoms with van der Waals surface area (Å²) in [6.07, 6.45) is 1.48. The number of aromatic nitrogens is 4. The molecule has 1 atom stereocenters. The van der Waals surface area contributed by atoms with Crippen LogP contribution in [0.1, 0.15) is 18.8 Å². The molecule has 7 nitrogen and oxygen atoms in total. The van der Waals surface area contributed by atoms with Crippen molar-refractivity contribution in [1.29, 1.82) is 0 Å². The SMILES string of the molecule is CC(c1nnc(SCC(=O)Nc2ccc(Cl)cn2)n1-c1ccc(Cl)cc1)N(C)C. The fourth-order valence-corrected chi connectivity index (χ4v) is 3.46. The monoisotopic (exact) mass is 450 g/mol. The normalized spacial score (nSPS) is 12.2. The van der Waals surface area contributed by atoms with Gasteiger partial charge in [0.05, 0.1) is 16.8 Å². The molecular weight excluding hydrogens is 431 g/mol. The number of nitrogens with zero attached hydrogens (tertiary/aromatic N) is 5. The molecular formula is C19H20Cl2N6OS. The van der Waals surface area contributed by atoms with Gasteiger partial charge in [-0.25, -0.2) is 4.98 Å². The number of pyridine rings is 1. The minimum absolute atomic E-state index is 0.0274. The molecule has 0 saturated carbocycles. The van der Waals surface area contributed by atoms with Crippen molar-refractivity contribution in [3.8, 4) is 5.69 Å². The minimum Gasteiger partial charge on any atom is -0.310 e. The molecule has 0 spiro atoms. The molecule has 0 aliphatic carbocycles. The van der Waals surface area contributed by atoms with Gasteiger partial charge in [-0.2, -0.15) is 0 Å². The van der Waals surface area contributed by atoms with Gasteiger partial charge in [0.2, 0.25) is 5.91 Å². The highest BCUT2D eigenvalue weighted by molar-refractivity contribution is 7.99. The van der Waals surface area contributed by atoms with E-state index in [4.69, 9.17) is 23.2 Å². The van der Waals surface area contributed by atoms with Crippen LogP contribution >= 0.6 is 35.0 Å². The Bertz CT molecular complexity index is 975. The maximum absolute atomic E-state index is 12.3. The molecule has 0 saturated heterocycles. The fourth-order valence-electron chi connectivity index (χ4n) is 2.47. The predicted molar refractivity (Wildman–Crippen MR) is 117 cm³/mol. The smallest absolute Gasteiger partial charge is 0.236 e. The van der Waals surface area contributed by atoms with Gasteiger partial charge in [-0.05, 0) is 57.4 Å². The van der Waals surface area contributed by atoms with E-state index < -0.39 is 0 Å². The second-order valence-corrected chi connectivity index (χ2v) is 8.31. The van der Waals surface area contributed by atoms with Crippen molar-refractivity contribution in [2.24, 2.45) is 0 Å². The Balaban J connectivity index is 1.80. The summed E-state index contributed by atoms with van der Waals surface area (Å²) in [5.74, 6) is 1.19. The first kappa shape index (κ1) is 21.6. The van der Waals surface area contributed by atoms with Crippen LogP contribution in [0.5, 0.6) is 0 Å². The van der Waals surface area contributed by atoms with Crippen molar-refractivity contribution < 1.29 is 4.79 Å². The van der Waals surface area contributed by atoms with Crippen molar-refractivity contribution in [3.05, 3.63) is 58.5 Å². The Labute approximate surface area is 183 Å². The van der Waals surface area contributed by atoms with Crippen LogP contribution in [0, 0.1) is 0 Å². The molecule has 2 heterocycles. The molecule has 2 aromatic heterocycles. The Hall–Kier alpha value is -2.13. The minimum atomic E-state index is -0.197. The molecule has 1 unspecified atom stereocenters. The molecule has 1 N–H and O–H groups in total. The van der Waals surface area contributed by atoms with Gasteiger partial charge in [-0.15, -0.1) is 10.2 Å². The molecule has 0 bridgehead atoms. The van der Waals surface area contributed by atoms with E-state index in [9.17, 15) is 4.79 Å². The quantitative estimate of drug-likeness (QED) is 0.540. The van der Waals surface area contributed by atoms with Crippen LogP contribution in [0.15, 0.2) is 47.8 Å². The summed E-state index contributed by atoms with van der Waals surface area (Å²) in [5, 5.41) is 13.2. The van der Waals surface area contributed by atoms with Crippen LogP contribution in [0.25, 0.3) is 5.69 Å². The number of rotatable bonds is 7. The van der Waals surface area contributed by atoms with Crippen molar-refractivity contribution >= 4 is 46.7 Å². The lowest BCUT2D eigenvalue weighted by Crippen LogP contribution is -2.21. The van der Waals surface area contributed by atoms with E-state index in [-0.39, 0.29) is 17.7 Å².